The molecular formula is C26H24FN5O5. The molecule has 0 bridgehead atoms. The van der Waals surface area contributed by atoms with Crippen molar-refractivity contribution in [3.8, 4) is 22.6 Å². The Morgan fingerprint density at radius 3 is 2.73 bits per heavy atom. The first kappa shape index (κ1) is 23.2. The number of nitrogens with zero attached hydrogens (tertiary/aromatic N) is 5. The Labute approximate surface area is 210 Å². The van der Waals surface area contributed by atoms with Crippen LogP contribution in [0.15, 0.2) is 42.9 Å². The van der Waals surface area contributed by atoms with Gasteiger partial charge in [-0.3, -0.25) is 14.3 Å². The van der Waals surface area contributed by atoms with Crippen LogP contribution in [0.3, 0.4) is 0 Å². The van der Waals surface area contributed by atoms with Gasteiger partial charge in [-0.15, -0.1) is 10.2 Å². The van der Waals surface area contributed by atoms with Gasteiger partial charge >= 0.3 is 6.09 Å². The molecule has 0 saturated carbocycles. The maximum absolute atomic E-state index is 15.1. The third kappa shape index (κ3) is 3.91. The normalized spacial score (nSPS) is 16.8. The molecule has 1 aromatic carbocycles. The molecule has 0 fully saturated rings. The average Bonchev–Trinajstić information content (AvgIpc) is 3.49. The zero-order chi connectivity index (χ0) is 25.9. The van der Waals surface area contributed by atoms with E-state index in [-0.39, 0.29) is 42.6 Å². The summed E-state index contributed by atoms with van der Waals surface area (Å²) in [5.41, 5.74) is 2.20. The fourth-order valence-corrected chi connectivity index (χ4v) is 5.09. The van der Waals surface area contributed by atoms with Crippen molar-refractivity contribution in [3.63, 3.8) is 0 Å². The Bertz CT molecular complexity index is 1550. The fraction of sp³-hybridized carbons (Fsp3) is 0.308. The molecule has 1 atom stereocenters. The molecule has 11 heteroatoms. The standard InChI is InChI=1S/C26H24FN5O5/c1-26(2,35)9-19-15(4-3-7-28-19)16-8-21-24(32-13-29-30-23(16)32)31(25(33)34)10-17-18(27)5-6-20-22(17)14(11-36-20)12-37-21/h3-8,13-14,35H,9-12H2,1-2H3,(H,33,34)/t14-/m0/s1. The van der Waals surface area contributed by atoms with Gasteiger partial charge in [0.1, 0.15) is 17.9 Å². The second kappa shape index (κ2) is 8.41. The van der Waals surface area contributed by atoms with E-state index in [1.807, 2.05) is 6.07 Å². The molecule has 0 radical (unpaired) electrons. The monoisotopic (exact) mass is 505 g/mol. The van der Waals surface area contributed by atoms with Gasteiger partial charge in [-0.25, -0.2) is 9.18 Å². The molecule has 5 heterocycles. The summed E-state index contributed by atoms with van der Waals surface area (Å²) in [4.78, 5) is 18.1. The minimum absolute atomic E-state index is 0.153. The van der Waals surface area contributed by atoms with E-state index in [0.717, 1.165) is 4.90 Å². The van der Waals surface area contributed by atoms with Gasteiger partial charge in [-0.2, -0.15) is 0 Å². The van der Waals surface area contributed by atoms with E-state index in [1.54, 1.807) is 38.2 Å². The molecule has 2 N–H and O–H groups in total. The molecule has 0 saturated heterocycles. The van der Waals surface area contributed by atoms with E-state index in [1.165, 1.54) is 16.8 Å². The zero-order valence-electron chi connectivity index (χ0n) is 20.2. The lowest BCUT2D eigenvalue weighted by Crippen LogP contribution is -2.31. The molecule has 190 valence electrons. The number of hydrogen-bond donors (Lipinski definition) is 2. The molecular weight excluding hydrogens is 481 g/mol. The smallest absolute Gasteiger partial charge is 0.413 e. The van der Waals surface area contributed by atoms with Crippen LogP contribution < -0.4 is 14.4 Å². The number of pyridine rings is 2. The van der Waals surface area contributed by atoms with Crippen molar-refractivity contribution in [3.05, 3.63) is 65.5 Å². The number of aromatic nitrogens is 4. The Morgan fingerprint density at radius 1 is 1.19 bits per heavy atom. The summed E-state index contributed by atoms with van der Waals surface area (Å²) in [7, 11) is 0. The van der Waals surface area contributed by atoms with E-state index >= 15 is 4.39 Å². The third-order valence-electron chi connectivity index (χ3n) is 6.64. The summed E-state index contributed by atoms with van der Waals surface area (Å²) >= 11 is 0. The zero-order valence-corrected chi connectivity index (χ0v) is 20.2. The van der Waals surface area contributed by atoms with Crippen LogP contribution in [0.1, 0.15) is 36.6 Å². The van der Waals surface area contributed by atoms with Crippen molar-refractivity contribution in [2.75, 3.05) is 18.1 Å². The molecule has 3 aromatic heterocycles. The number of fused-ring (bicyclic) bond motifs is 3. The van der Waals surface area contributed by atoms with Crippen molar-refractivity contribution in [2.45, 2.75) is 38.3 Å². The molecule has 0 aliphatic carbocycles. The number of benzene rings is 1. The summed E-state index contributed by atoms with van der Waals surface area (Å²) in [6.07, 6.45) is 2.04. The van der Waals surface area contributed by atoms with Crippen LogP contribution in [-0.4, -0.2) is 54.7 Å². The van der Waals surface area contributed by atoms with E-state index in [9.17, 15) is 15.0 Å². The minimum Gasteiger partial charge on any atom is -0.493 e. The number of anilines is 1. The van der Waals surface area contributed by atoms with Crippen LogP contribution in [0.4, 0.5) is 15.0 Å². The first-order chi connectivity index (χ1) is 17.7. The number of halogens is 1. The van der Waals surface area contributed by atoms with Crippen molar-refractivity contribution in [1.82, 2.24) is 19.6 Å². The summed E-state index contributed by atoms with van der Waals surface area (Å²) in [6, 6.07) is 8.20. The quantitative estimate of drug-likeness (QED) is 0.431. The number of carbonyl (C=O) groups is 1. The van der Waals surface area contributed by atoms with Gasteiger partial charge < -0.3 is 19.7 Å². The molecule has 6 rings (SSSR count). The Hall–Kier alpha value is -4.25. The number of amides is 1. The maximum Gasteiger partial charge on any atom is 0.413 e. The Morgan fingerprint density at radius 2 is 1.97 bits per heavy atom. The lowest BCUT2D eigenvalue weighted by atomic mass is 9.95. The van der Waals surface area contributed by atoms with Crippen LogP contribution in [-0.2, 0) is 13.0 Å². The third-order valence-corrected chi connectivity index (χ3v) is 6.64. The summed E-state index contributed by atoms with van der Waals surface area (Å²) in [5, 5.41) is 29.0. The van der Waals surface area contributed by atoms with Crippen molar-refractivity contribution >= 4 is 17.6 Å². The largest absolute Gasteiger partial charge is 0.493 e. The van der Waals surface area contributed by atoms with E-state index in [4.69, 9.17) is 9.47 Å². The molecule has 1 amide bonds. The topological polar surface area (TPSA) is 122 Å². The lowest BCUT2D eigenvalue weighted by molar-refractivity contribution is 0.0801. The molecule has 2 aliphatic rings. The SMILES string of the molecule is CC(C)(O)Cc1ncccc1-c1cc2c(n3cnnc13)N(C(=O)O)Cc1c(F)ccc3c1[C@@H](CO3)CO2. The van der Waals surface area contributed by atoms with Gasteiger partial charge in [0.25, 0.3) is 0 Å². The van der Waals surface area contributed by atoms with Crippen molar-refractivity contribution < 1.29 is 28.9 Å². The number of aliphatic hydroxyl groups is 1. The Balaban J connectivity index is 1.58. The van der Waals surface area contributed by atoms with Crippen LogP contribution in [0, 0.1) is 5.82 Å². The van der Waals surface area contributed by atoms with Gasteiger partial charge in [-0.05, 0) is 38.1 Å². The van der Waals surface area contributed by atoms with Gasteiger partial charge in [0.2, 0.25) is 0 Å². The highest BCUT2D eigenvalue weighted by Gasteiger charge is 2.35. The molecule has 4 aromatic rings. The van der Waals surface area contributed by atoms with Gasteiger partial charge in [0, 0.05) is 34.9 Å². The van der Waals surface area contributed by atoms with Crippen molar-refractivity contribution in [2.24, 2.45) is 0 Å². The number of rotatable bonds is 3. The number of hydrogen-bond acceptors (Lipinski definition) is 7. The molecule has 2 aliphatic heterocycles. The predicted octanol–water partition coefficient (Wildman–Crippen LogP) is 3.80. The first-order valence-electron chi connectivity index (χ1n) is 11.8. The first-order valence-corrected chi connectivity index (χ1v) is 11.8. The molecule has 10 nitrogen and oxygen atoms in total. The molecule has 0 spiro atoms. The van der Waals surface area contributed by atoms with Crippen LogP contribution in [0.5, 0.6) is 11.5 Å². The number of carboxylic acid groups (broad SMARTS) is 1. The van der Waals surface area contributed by atoms with E-state index < -0.39 is 17.5 Å². The minimum atomic E-state index is -1.29. The highest BCUT2D eigenvalue weighted by Crippen LogP contribution is 2.44. The highest BCUT2D eigenvalue weighted by atomic mass is 19.1. The van der Waals surface area contributed by atoms with Crippen LogP contribution >= 0.6 is 0 Å². The summed E-state index contributed by atoms with van der Waals surface area (Å²) < 4.78 is 28.6. The molecule has 0 unspecified atom stereocenters. The number of ether oxygens (including phenoxy) is 2. The van der Waals surface area contributed by atoms with Gasteiger partial charge in [-0.1, -0.05) is 6.07 Å². The van der Waals surface area contributed by atoms with Crippen LogP contribution in [0.2, 0.25) is 0 Å². The fourth-order valence-electron chi connectivity index (χ4n) is 5.09. The summed E-state index contributed by atoms with van der Waals surface area (Å²) in [5.74, 6) is 0.188. The van der Waals surface area contributed by atoms with E-state index in [0.29, 0.717) is 40.4 Å². The predicted molar refractivity (Wildman–Crippen MR) is 131 cm³/mol. The van der Waals surface area contributed by atoms with Crippen LogP contribution in [0.25, 0.3) is 16.8 Å². The Kier molecular flexibility index (Phi) is 5.27. The second-order valence-corrected chi connectivity index (χ2v) is 9.88. The maximum atomic E-state index is 15.1. The van der Waals surface area contributed by atoms with Gasteiger partial charge in [0.15, 0.2) is 17.2 Å². The molecule has 37 heavy (non-hydrogen) atoms. The average molecular weight is 506 g/mol. The second-order valence-electron chi connectivity index (χ2n) is 9.88. The van der Waals surface area contributed by atoms with Gasteiger partial charge in [0.05, 0.1) is 37.0 Å². The van der Waals surface area contributed by atoms with Crippen molar-refractivity contribution in [1.29, 1.82) is 0 Å². The lowest BCUT2D eigenvalue weighted by Gasteiger charge is -2.24. The summed E-state index contributed by atoms with van der Waals surface area (Å²) in [6.45, 7) is 3.61. The highest BCUT2D eigenvalue weighted by molar-refractivity contribution is 5.91. The van der Waals surface area contributed by atoms with E-state index in [2.05, 4.69) is 15.2 Å².